The van der Waals surface area contributed by atoms with Gasteiger partial charge in [0.25, 0.3) is 5.56 Å². The molecule has 2 aromatic rings. The summed E-state index contributed by atoms with van der Waals surface area (Å²) in [6, 6.07) is 0. The summed E-state index contributed by atoms with van der Waals surface area (Å²) in [5.74, 6) is 0.680. The van der Waals surface area contributed by atoms with Crippen LogP contribution in [0, 0.1) is 5.92 Å². The summed E-state index contributed by atoms with van der Waals surface area (Å²) in [7, 11) is 0. The number of aromatic nitrogens is 4. The summed E-state index contributed by atoms with van der Waals surface area (Å²) in [5, 5.41) is 0. The van der Waals surface area contributed by atoms with Crippen LogP contribution in [0.2, 0.25) is 0 Å². The van der Waals surface area contributed by atoms with Gasteiger partial charge in [-0.15, -0.1) is 0 Å². The van der Waals surface area contributed by atoms with E-state index in [1.807, 2.05) is 4.57 Å². The second kappa shape index (κ2) is 4.48. The Labute approximate surface area is 106 Å². The lowest BCUT2D eigenvalue weighted by Gasteiger charge is -2.07. The van der Waals surface area contributed by atoms with Crippen LogP contribution in [0.15, 0.2) is 9.53 Å². The lowest BCUT2D eigenvalue weighted by Crippen LogP contribution is -2.12. The van der Waals surface area contributed by atoms with E-state index in [9.17, 15) is 4.79 Å². The number of imidazole rings is 1. The number of hydrogen-bond acceptors (Lipinski definition) is 4. The van der Waals surface area contributed by atoms with E-state index in [1.54, 1.807) is 0 Å². The fourth-order valence-corrected chi connectivity index (χ4v) is 2.11. The van der Waals surface area contributed by atoms with Gasteiger partial charge >= 0.3 is 0 Å². The molecule has 2 aromatic heterocycles. The molecule has 0 radical (unpaired) electrons. The van der Waals surface area contributed by atoms with E-state index in [-0.39, 0.29) is 11.5 Å². The lowest BCUT2D eigenvalue weighted by atomic mass is 10.1. The summed E-state index contributed by atoms with van der Waals surface area (Å²) in [6.07, 6.45) is 0.985. The van der Waals surface area contributed by atoms with Crippen molar-refractivity contribution in [3.8, 4) is 0 Å². The van der Waals surface area contributed by atoms with E-state index < -0.39 is 0 Å². The number of aryl methyl sites for hydroxylation is 1. The molecule has 0 saturated carbocycles. The predicted molar refractivity (Wildman–Crippen MR) is 69.7 cm³/mol. The third-order valence-corrected chi connectivity index (χ3v) is 3.11. The first-order valence-corrected chi connectivity index (χ1v) is 6.20. The Bertz CT molecular complexity index is 600. The van der Waals surface area contributed by atoms with E-state index in [4.69, 9.17) is 5.73 Å². The summed E-state index contributed by atoms with van der Waals surface area (Å²) in [4.78, 5) is 22.3. The number of nitrogen functional groups attached to an aromatic ring is 1. The Morgan fingerprint density at radius 1 is 1.47 bits per heavy atom. The van der Waals surface area contributed by atoms with Crippen molar-refractivity contribution >= 4 is 33.0 Å². The fraction of sp³-hybridized carbons (Fsp3) is 0.500. The number of hydrogen-bond donors (Lipinski definition) is 2. The van der Waals surface area contributed by atoms with Gasteiger partial charge in [-0.1, -0.05) is 13.8 Å². The van der Waals surface area contributed by atoms with Crippen molar-refractivity contribution in [1.29, 1.82) is 0 Å². The van der Waals surface area contributed by atoms with Gasteiger partial charge < -0.3 is 10.3 Å². The Morgan fingerprint density at radius 2 is 2.18 bits per heavy atom. The molecule has 0 bridgehead atoms. The number of aromatic amines is 1. The van der Waals surface area contributed by atoms with Gasteiger partial charge in [-0.2, -0.15) is 4.98 Å². The first-order chi connectivity index (χ1) is 7.99. The minimum atomic E-state index is -0.309. The van der Waals surface area contributed by atoms with Crippen molar-refractivity contribution in [2.24, 2.45) is 5.92 Å². The van der Waals surface area contributed by atoms with Crippen LogP contribution in [-0.2, 0) is 6.54 Å². The number of fused-ring (bicyclic) bond motifs is 1. The second-order valence-corrected chi connectivity index (χ2v) is 5.05. The highest BCUT2D eigenvalue weighted by atomic mass is 79.9. The van der Waals surface area contributed by atoms with E-state index in [2.05, 4.69) is 44.7 Å². The van der Waals surface area contributed by atoms with Gasteiger partial charge in [-0.25, -0.2) is 4.98 Å². The highest BCUT2D eigenvalue weighted by molar-refractivity contribution is 9.10. The Hall–Kier alpha value is -1.37. The van der Waals surface area contributed by atoms with E-state index in [1.165, 1.54) is 0 Å². The van der Waals surface area contributed by atoms with Crippen molar-refractivity contribution in [3.63, 3.8) is 0 Å². The third kappa shape index (κ3) is 2.33. The topological polar surface area (TPSA) is 89.6 Å². The van der Waals surface area contributed by atoms with Crippen LogP contribution in [0.4, 0.5) is 5.95 Å². The van der Waals surface area contributed by atoms with Gasteiger partial charge in [0.1, 0.15) is 0 Å². The van der Waals surface area contributed by atoms with Crippen LogP contribution in [0.5, 0.6) is 0 Å². The zero-order chi connectivity index (χ0) is 12.6. The number of anilines is 1. The summed E-state index contributed by atoms with van der Waals surface area (Å²) < 4.78 is 2.47. The largest absolute Gasteiger partial charge is 0.369 e. The minimum Gasteiger partial charge on any atom is -0.369 e. The van der Waals surface area contributed by atoms with Gasteiger partial charge in [-0.05, 0) is 28.3 Å². The Balaban J connectivity index is 2.54. The van der Waals surface area contributed by atoms with Crippen molar-refractivity contribution in [2.75, 3.05) is 5.73 Å². The third-order valence-electron chi connectivity index (χ3n) is 2.51. The molecule has 2 heterocycles. The van der Waals surface area contributed by atoms with E-state index in [0.717, 1.165) is 13.0 Å². The maximum atomic E-state index is 11.6. The van der Waals surface area contributed by atoms with E-state index >= 15 is 0 Å². The van der Waals surface area contributed by atoms with Gasteiger partial charge in [0, 0.05) is 6.54 Å². The molecule has 0 atom stereocenters. The summed E-state index contributed by atoms with van der Waals surface area (Å²) in [5.41, 5.74) is 6.07. The molecule has 92 valence electrons. The van der Waals surface area contributed by atoms with Crippen LogP contribution >= 0.6 is 15.9 Å². The minimum absolute atomic E-state index is 0.112. The van der Waals surface area contributed by atoms with Gasteiger partial charge in [0.15, 0.2) is 15.9 Å². The highest BCUT2D eigenvalue weighted by Crippen LogP contribution is 2.18. The quantitative estimate of drug-likeness (QED) is 0.841. The molecule has 7 heteroatoms. The maximum absolute atomic E-state index is 11.6. The van der Waals surface area contributed by atoms with Gasteiger partial charge in [-0.3, -0.25) is 9.78 Å². The number of nitrogens with two attached hydrogens (primary N) is 1. The van der Waals surface area contributed by atoms with Crippen LogP contribution in [0.25, 0.3) is 11.2 Å². The molecule has 0 amide bonds. The molecule has 0 aromatic carbocycles. The molecule has 0 unspecified atom stereocenters. The number of rotatable bonds is 3. The molecule has 0 spiro atoms. The summed E-state index contributed by atoms with van der Waals surface area (Å²) >= 11 is 3.34. The van der Waals surface area contributed by atoms with Crippen LogP contribution in [0.3, 0.4) is 0 Å². The number of halogens is 1. The van der Waals surface area contributed by atoms with Gasteiger partial charge in [0.05, 0.1) is 0 Å². The average Bonchev–Trinajstić information content (AvgIpc) is 2.52. The second-order valence-electron chi connectivity index (χ2n) is 4.34. The highest BCUT2D eigenvalue weighted by Gasteiger charge is 2.13. The number of H-pyrrole nitrogens is 1. The first-order valence-electron chi connectivity index (χ1n) is 5.40. The zero-order valence-corrected chi connectivity index (χ0v) is 11.3. The Kier molecular flexibility index (Phi) is 3.19. The fourth-order valence-electron chi connectivity index (χ4n) is 1.59. The lowest BCUT2D eigenvalue weighted by molar-refractivity contribution is 0.517. The normalized spacial score (nSPS) is 11.5. The molecule has 0 saturated heterocycles. The van der Waals surface area contributed by atoms with Crippen molar-refractivity contribution in [2.45, 2.75) is 26.8 Å². The molecule has 0 aliphatic carbocycles. The molecule has 2 rings (SSSR count). The molecule has 3 N–H and O–H groups in total. The zero-order valence-electron chi connectivity index (χ0n) is 9.70. The average molecular weight is 300 g/mol. The molecule has 17 heavy (non-hydrogen) atoms. The number of nitrogens with zero attached hydrogens (tertiary/aromatic N) is 3. The SMILES string of the molecule is CC(C)CCn1c(Br)nc2c(=O)[nH]c(N)nc21. The van der Waals surface area contributed by atoms with Gasteiger partial charge in [0.2, 0.25) is 5.95 Å². The monoisotopic (exact) mass is 299 g/mol. The van der Waals surface area contributed by atoms with Crippen LogP contribution in [-0.4, -0.2) is 19.5 Å². The van der Waals surface area contributed by atoms with Crippen molar-refractivity contribution < 1.29 is 0 Å². The Morgan fingerprint density at radius 3 is 2.82 bits per heavy atom. The molecule has 0 fully saturated rings. The summed E-state index contributed by atoms with van der Waals surface area (Å²) in [6.45, 7) is 5.04. The first kappa shape index (κ1) is 12.1. The molecular weight excluding hydrogens is 286 g/mol. The standard InChI is InChI=1S/C10H14BrN5O/c1-5(2)3-4-16-7-6(13-9(16)11)8(17)15-10(12)14-7/h5H,3-4H2,1-2H3,(H3,12,14,15,17). The maximum Gasteiger partial charge on any atom is 0.280 e. The molecule has 0 aliphatic heterocycles. The predicted octanol–water partition coefficient (Wildman–Crippen LogP) is 1.51. The van der Waals surface area contributed by atoms with Crippen molar-refractivity contribution in [1.82, 2.24) is 19.5 Å². The smallest absolute Gasteiger partial charge is 0.280 e. The van der Waals surface area contributed by atoms with Crippen molar-refractivity contribution in [3.05, 3.63) is 15.1 Å². The van der Waals surface area contributed by atoms with Crippen LogP contribution < -0.4 is 11.3 Å². The van der Waals surface area contributed by atoms with E-state index in [0.29, 0.717) is 21.8 Å². The molecule has 6 nitrogen and oxygen atoms in total. The molecular formula is C10H14BrN5O. The molecule has 0 aliphatic rings. The number of nitrogens with one attached hydrogen (secondary N) is 1. The van der Waals surface area contributed by atoms with Crippen LogP contribution in [0.1, 0.15) is 20.3 Å².